The van der Waals surface area contributed by atoms with Crippen molar-refractivity contribution >= 4 is 5.69 Å². The molecule has 0 aromatic heterocycles. The first-order chi connectivity index (χ1) is 7.79. The fourth-order valence-corrected chi connectivity index (χ4v) is 1.71. The predicted molar refractivity (Wildman–Crippen MR) is 68.4 cm³/mol. The molecule has 0 saturated heterocycles. The maximum absolute atomic E-state index is 13.5. The average Bonchev–Trinajstić information content (AvgIpc) is 2.25. The van der Waals surface area contributed by atoms with Gasteiger partial charge < -0.3 is 4.90 Å². The van der Waals surface area contributed by atoms with Gasteiger partial charge in [0.25, 0.3) is 0 Å². The Morgan fingerprint density at radius 1 is 1.35 bits per heavy atom. The third-order valence-corrected chi connectivity index (χ3v) is 3.32. The van der Waals surface area contributed by atoms with E-state index in [1.54, 1.807) is 12.1 Å². The Morgan fingerprint density at radius 2 is 1.94 bits per heavy atom. The van der Waals surface area contributed by atoms with Crippen LogP contribution in [0.1, 0.15) is 33.3 Å². The van der Waals surface area contributed by atoms with Gasteiger partial charge in [0, 0.05) is 13.1 Å². The zero-order chi connectivity index (χ0) is 13.2. The van der Waals surface area contributed by atoms with E-state index in [-0.39, 0.29) is 17.0 Å². The lowest BCUT2D eigenvalue weighted by Crippen LogP contribution is -2.39. The van der Waals surface area contributed by atoms with Gasteiger partial charge in [-0.1, -0.05) is 26.8 Å². The minimum absolute atomic E-state index is 0.0633. The number of benzene rings is 1. The average molecular weight is 234 g/mol. The fraction of sp³-hybridized carbons (Fsp3) is 0.500. The molecule has 0 saturated carbocycles. The maximum atomic E-state index is 13.5. The number of nitriles is 1. The van der Waals surface area contributed by atoms with Crippen LogP contribution in [0.2, 0.25) is 0 Å². The lowest BCUT2D eigenvalue weighted by atomic mass is 9.86. The molecule has 1 rings (SSSR count). The second-order valence-corrected chi connectivity index (χ2v) is 5.40. The van der Waals surface area contributed by atoms with Gasteiger partial charge >= 0.3 is 0 Å². The smallest absolute Gasteiger partial charge is 0.143 e. The molecule has 1 unspecified atom stereocenters. The number of nitrogens with zero attached hydrogens (tertiary/aromatic N) is 2. The Kier molecular flexibility index (Phi) is 3.77. The van der Waals surface area contributed by atoms with Crippen molar-refractivity contribution in [1.82, 2.24) is 0 Å². The summed E-state index contributed by atoms with van der Waals surface area (Å²) < 4.78 is 13.5. The highest BCUT2D eigenvalue weighted by Crippen LogP contribution is 2.30. The van der Waals surface area contributed by atoms with Crippen LogP contribution in [0.5, 0.6) is 0 Å². The van der Waals surface area contributed by atoms with Gasteiger partial charge in [-0.05, 0) is 24.5 Å². The van der Waals surface area contributed by atoms with Crippen molar-refractivity contribution in [3.8, 4) is 6.07 Å². The number of halogens is 1. The van der Waals surface area contributed by atoms with Gasteiger partial charge in [-0.3, -0.25) is 0 Å². The third kappa shape index (κ3) is 2.76. The van der Waals surface area contributed by atoms with E-state index in [2.05, 4.69) is 27.7 Å². The first-order valence-corrected chi connectivity index (χ1v) is 5.70. The van der Waals surface area contributed by atoms with Crippen LogP contribution in [-0.2, 0) is 0 Å². The molecule has 0 radical (unpaired) electrons. The number of hydrogen-bond acceptors (Lipinski definition) is 2. The minimum atomic E-state index is -0.460. The van der Waals surface area contributed by atoms with Crippen LogP contribution in [-0.4, -0.2) is 13.1 Å². The molecule has 17 heavy (non-hydrogen) atoms. The summed E-state index contributed by atoms with van der Waals surface area (Å²) >= 11 is 0. The molecule has 1 aromatic rings. The van der Waals surface area contributed by atoms with Crippen LogP contribution in [0.15, 0.2) is 18.2 Å². The van der Waals surface area contributed by atoms with E-state index in [4.69, 9.17) is 5.26 Å². The van der Waals surface area contributed by atoms with E-state index < -0.39 is 5.82 Å². The highest BCUT2D eigenvalue weighted by Gasteiger charge is 2.26. The molecule has 3 heteroatoms. The van der Waals surface area contributed by atoms with Gasteiger partial charge in [0.1, 0.15) is 17.4 Å². The van der Waals surface area contributed by atoms with Gasteiger partial charge in [0.2, 0.25) is 0 Å². The molecule has 1 aromatic carbocycles. The first kappa shape index (κ1) is 13.5. The van der Waals surface area contributed by atoms with Crippen molar-refractivity contribution < 1.29 is 4.39 Å². The van der Waals surface area contributed by atoms with Crippen molar-refractivity contribution in [3.05, 3.63) is 29.6 Å². The zero-order valence-corrected chi connectivity index (χ0v) is 11.1. The molecule has 0 spiro atoms. The van der Waals surface area contributed by atoms with Crippen LogP contribution < -0.4 is 4.90 Å². The van der Waals surface area contributed by atoms with Gasteiger partial charge in [0.05, 0.1) is 5.69 Å². The molecular formula is C14H19FN2. The molecule has 2 nitrogen and oxygen atoms in total. The highest BCUT2D eigenvalue weighted by molar-refractivity contribution is 5.60. The molecule has 0 heterocycles. The highest BCUT2D eigenvalue weighted by atomic mass is 19.1. The number of hydrogen-bond donors (Lipinski definition) is 0. The Bertz CT molecular complexity index is 441. The molecular weight excluding hydrogens is 215 g/mol. The molecule has 0 aliphatic heterocycles. The minimum Gasteiger partial charge on any atom is -0.370 e. The molecule has 0 fully saturated rings. The van der Waals surface area contributed by atoms with E-state index in [9.17, 15) is 4.39 Å². The molecule has 0 N–H and O–H groups in total. The Balaban J connectivity index is 3.18. The molecule has 0 amide bonds. The largest absolute Gasteiger partial charge is 0.370 e. The monoisotopic (exact) mass is 234 g/mol. The van der Waals surface area contributed by atoms with Crippen molar-refractivity contribution in [2.45, 2.75) is 33.7 Å². The SMILES string of the molecule is CC(N(C)c1cccc(F)c1C#N)C(C)(C)C. The standard InChI is InChI=1S/C14H19FN2/c1-10(14(2,3)4)17(5)13-8-6-7-12(15)11(13)9-16/h6-8,10H,1-5H3. The van der Waals surface area contributed by atoms with Crippen LogP contribution in [0, 0.1) is 22.6 Å². The summed E-state index contributed by atoms with van der Waals surface area (Å²) in [6, 6.07) is 6.87. The predicted octanol–water partition coefficient (Wildman–Crippen LogP) is 3.57. The van der Waals surface area contributed by atoms with Gasteiger partial charge in [-0.15, -0.1) is 0 Å². The van der Waals surface area contributed by atoms with Crippen molar-refractivity contribution in [2.75, 3.05) is 11.9 Å². The Labute approximate surface area is 103 Å². The maximum Gasteiger partial charge on any atom is 0.143 e. The lowest BCUT2D eigenvalue weighted by molar-refractivity contribution is 0.329. The number of rotatable bonds is 2. The van der Waals surface area contributed by atoms with E-state index in [1.165, 1.54) is 6.07 Å². The molecule has 1 atom stereocenters. The molecule has 0 aliphatic rings. The third-order valence-electron chi connectivity index (χ3n) is 3.32. The second-order valence-electron chi connectivity index (χ2n) is 5.40. The molecule has 92 valence electrons. The fourth-order valence-electron chi connectivity index (χ4n) is 1.71. The molecule has 0 bridgehead atoms. The van der Waals surface area contributed by atoms with Gasteiger partial charge in [-0.2, -0.15) is 5.26 Å². The first-order valence-electron chi connectivity index (χ1n) is 5.70. The number of anilines is 1. The van der Waals surface area contributed by atoms with Crippen LogP contribution >= 0.6 is 0 Å². The Hall–Kier alpha value is -1.56. The topological polar surface area (TPSA) is 27.0 Å². The Morgan fingerprint density at radius 3 is 2.41 bits per heavy atom. The molecule has 0 aliphatic carbocycles. The summed E-state index contributed by atoms with van der Waals surface area (Å²) in [5.74, 6) is -0.460. The summed E-state index contributed by atoms with van der Waals surface area (Å²) in [6.07, 6.45) is 0. The summed E-state index contributed by atoms with van der Waals surface area (Å²) in [5.41, 5.74) is 0.828. The van der Waals surface area contributed by atoms with Crippen LogP contribution in [0.25, 0.3) is 0 Å². The lowest BCUT2D eigenvalue weighted by Gasteiger charge is -2.37. The van der Waals surface area contributed by atoms with Crippen molar-refractivity contribution in [1.29, 1.82) is 5.26 Å². The van der Waals surface area contributed by atoms with Crippen molar-refractivity contribution in [3.63, 3.8) is 0 Å². The van der Waals surface area contributed by atoms with E-state index in [1.807, 2.05) is 18.0 Å². The van der Waals surface area contributed by atoms with E-state index in [0.29, 0.717) is 5.69 Å². The van der Waals surface area contributed by atoms with Crippen LogP contribution in [0.3, 0.4) is 0 Å². The quantitative estimate of drug-likeness (QED) is 0.782. The summed E-state index contributed by atoms with van der Waals surface area (Å²) in [5, 5.41) is 9.02. The normalized spacial score (nSPS) is 13.0. The van der Waals surface area contributed by atoms with Crippen molar-refractivity contribution in [2.24, 2.45) is 5.41 Å². The van der Waals surface area contributed by atoms with E-state index >= 15 is 0 Å². The van der Waals surface area contributed by atoms with Crippen LogP contribution in [0.4, 0.5) is 10.1 Å². The van der Waals surface area contributed by atoms with Gasteiger partial charge in [-0.25, -0.2) is 4.39 Å². The summed E-state index contributed by atoms with van der Waals surface area (Å²) in [4.78, 5) is 1.96. The van der Waals surface area contributed by atoms with Gasteiger partial charge in [0.15, 0.2) is 0 Å². The van der Waals surface area contributed by atoms with E-state index in [0.717, 1.165) is 0 Å². The second kappa shape index (κ2) is 4.75. The summed E-state index contributed by atoms with van der Waals surface area (Å²) in [6.45, 7) is 8.45. The summed E-state index contributed by atoms with van der Waals surface area (Å²) in [7, 11) is 1.89. The zero-order valence-electron chi connectivity index (χ0n) is 11.1.